The van der Waals surface area contributed by atoms with Gasteiger partial charge in [-0.25, -0.2) is 0 Å². The molecule has 0 amide bonds. The Morgan fingerprint density at radius 2 is 2.32 bits per heavy atom. The predicted octanol–water partition coefficient (Wildman–Crippen LogP) is 0.869. The molecule has 2 rings (SSSR count). The van der Waals surface area contributed by atoms with Gasteiger partial charge in [-0.15, -0.1) is 0 Å². The van der Waals surface area contributed by atoms with Gasteiger partial charge < -0.3 is 25.6 Å². The van der Waals surface area contributed by atoms with Crippen molar-refractivity contribution < 1.29 is 14.6 Å². The third-order valence-corrected chi connectivity index (χ3v) is 2.71. The van der Waals surface area contributed by atoms with Crippen LogP contribution in [0.15, 0.2) is 23.2 Å². The number of anilines is 2. The van der Waals surface area contributed by atoms with Gasteiger partial charge >= 0.3 is 0 Å². The number of rotatable bonds is 5. The lowest BCUT2D eigenvalue weighted by atomic mass is 10.2. The Kier molecular flexibility index (Phi) is 4.59. The lowest BCUT2D eigenvalue weighted by Crippen LogP contribution is -2.35. The molecule has 1 aliphatic rings. The number of nitrogens with zero attached hydrogens (tertiary/aromatic N) is 1. The van der Waals surface area contributed by atoms with E-state index in [1.807, 2.05) is 19.1 Å². The van der Waals surface area contributed by atoms with Gasteiger partial charge in [-0.05, 0) is 25.1 Å². The second-order valence-corrected chi connectivity index (χ2v) is 4.24. The zero-order chi connectivity index (χ0) is 13.7. The molecule has 4 N–H and O–H groups in total. The normalized spacial score (nSPS) is 19.7. The van der Waals surface area contributed by atoms with Crippen LogP contribution in [0.2, 0.25) is 0 Å². The molecule has 1 heterocycles. The van der Waals surface area contributed by atoms with Gasteiger partial charge in [0.2, 0.25) is 0 Å². The first-order valence-corrected chi connectivity index (χ1v) is 6.27. The van der Waals surface area contributed by atoms with Crippen LogP contribution in [0.25, 0.3) is 0 Å². The minimum absolute atomic E-state index is 0.0288. The number of nitrogens with one attached hydrogen (secondary N) is 1. The molecule has 1 atom stereocenters. The third kappa shape index (κ3) is 3.59. The van der Waals surface area contributed by atoms with E-state index in [0.717, 1.165) is 17.3 Å². The van der Waals surface area contributed by atoms with Crippen LogP contribution >= 0.6 is 0 Å². The molecule has 104 valence electrons. The van der Waals surface area contributed by atoms with Crippen molar-refractivity contribution in [1.29, 1.82) is 0 Å². The van der Waals surface area contributed by atoms with Crippen LogP contribution in [0.3, 0.4) is 0 Å². The number of hydrogen-bond donors (Lipinski definition) is 3. The van der Waals surface area contributed by atoms with Gasteiger partial charge in [0, 0.05) is 5.69 Å². The maximum Gasteiger partial charge on any atom is 0.153 e. The van der Waals surface area contributed by atoms with Crippen LogP contribution in [-0.2, 0) is 4.74 Å². The number of fused-ring (bicyclic) bond motifs is 1. The molecule has 0 saturated heterocycles. The van der Waals surface area contributed by atoms with Crippen LogP contribution in [0.5, 0.6) is 5.75 Å². The van der Waals surface area contributed by atoms with Crippen molar-refractivity contribution in [2.75, 3.05) is 37.4 Å². The fourth-order valence-corrected chi connectivity index (χ4v) is 1.80. The smallest absolute Gasteiger partial charge is 0.153 e. The highest BCUT2D eigenvalue weighted by Crippen LogP contribution is 2.31. The summed E-state index contributed by atoms with van der Waals surface area (Å²) >= 11 is 0. The topological polar surface area (TPSA) is 89.1 Å². The van der Waals surface area contributed by atoms with E-state index < -0.39 is 0 Å². The fraction of sp³-hybridized carbons (Fsp3) is 0.462. The van der Waals surface area contributed by atoms with Crippen molar-refractivity contribution in [3.8, 4) is 5.75 Å². The molecule has 6 heteroatoms. The molecule has 0 bridgehead atoms. The van der Waals surface area contributed by atoms with Gasteiger partial charge in [0.1, 0.15) is 11.6 Å². The summed E-state index contributed by atoms with van der Waals surface area (Å²) in [5, 5.41) is 11.8. The number of nitrogens with two attached hydrogens (primary N) is 1. The van der Waals surface area contributed by atoms with E-state index in [1.54, 1.807) is 6.07 Å². The summed E-state index contributed by atoms with van der Waals surface area (Å²) < 4.78 is 10.9. The summed E-state index contributed by atoms with van der Waals surface area (Å²) in [5.74, 6) is 1.53. The molecule has 1 unspecified atom stereocenters. The number of amidine groups is 1. The molecule has 6 nitrogen and oxygen atoms in total. The van der Waals surface area contributed by atoms with Crippen molar-refractivity contribution in [1.82, 2.24) is 0 Å². The molecule has 1 aromatic rings. The second kappa shape index (κ2) is 6.40. The average molecular weight is 265 g/mol. The number of aliphatic hydroxyl groups excluding tert-OH is 1. The number of ether oxygens (including phenoxy) is 2. The Morgan fingerprint density at radius 3 is 3.11 bits per heavy atom. The molecule has 0 radical (unpaired) electrons. The van der Waals surface area contributed by atoms with E-state index in [4.69, 9.17) is 20.3 Å². The highest BCUT2D eigenvalue weighted by molar-refractivity contribution is 6.02. The van der Waals surface area contributed by atoms with Crippen molar-refractivity contribution in [2.24, 2.45) is 4.99 Å². The number of aliphatic hydroxyl groups is 1. The summed E-state index contributed by atoms with van der Waals surface area (Å²) in [6, 6.07) is 5.46. The van der Waals surface area contributed by atoms with Crippen molar-refractivity contribution in [3.05, 3.63) is 18.2 Å². The second-order valence-electron chi connectivity index (χ2n) is 4.24. The van der Waals surface area contributed by atoms with E-state index in [-0.39, 0.29) is 12.7 Å². The molecule has 1 aromatic carbocycles. The number of benzene rings is 1. The van der Waals surface area contributed by atoms with E-state index in [1.165, 1.54) is 0 Å². The van der Waals surface area contributed by atoms with Crippen LogP contribution in [0, 0.1) is 0 Å². The molecular formula is C13H19N3O3. The van der Waals surface area contributed by atoms with E-state index in [0.29, 0.717) is 25.4 Å². The summed E-state index contributed by atoms with van der Waals surface area (Å²) in [6.45, 7) is 3.29. The third-order valence-electron chi connectivity index (χ3n) is 2.71. The van der Waals surface area contributed by atoms with Crippen LogP contribution in [-0.4, -0.2) is 43.4 Å². The van der Waals surface area contributed by atoms with Gasteiger partial charge in [-0.3, -0.25) is 4.99 Å². The summed E-state index contributed by atoms with van der Waals surface area (Å²) in [7, 11) is 0. The van der Waals surface area contributed by atoms with Gasteiger partial charge in [-0.1, -0.05) is 0 Å². The number of nitrogen functional groups attached to an aromatic ring is 1. The lowest BCUT2D eigenvalue weighted by Gasteiger charge is -2.26. The number of hydrogen-bond acceptors (Lipinski definition) is 5. The highest BCUT2D eigenvalue weighted by Gasteiger charge is 2.21. The standard InChI is InChI=1S/C13H19N3O3/c1-9-13(15-4-6-18-7-5-17)16-11-8-10(14)2-3-12(11)19-9/h2-3,8-9,17H,4-7,14H2,1H3,(H,15,16). The van der Waals surface area contributed by atoms with Gasteiger partial charge in [0.15, 0.2) is 6.10 Å². The Balaban J connectivity index is 1.98. The SMILES string of the molecule is CC1Oc2ccc(N)cc2NC1=NCCOCCO. The summed E-state index contributed by atoms with van der Waals surface area (Å²) in [4.78, 5) is 4.40. The largest absolute Gasteiger partial charge is 0.481 e. The minimum atomic E-state index is -0.131. The van der Waals surface area contributed by atoms with Crippen molar-refractivity contribution >= 4 is 17.2 Å². The molecule has 0 saturated carbocycles. The lowest BCUT2D eigenvalue weighted by molar-refractivity contribution is 0.0977. The maximum absolute atomic E-state index is 8.59. The predicted molar refractivity (Wildman–Crippen MR) is 74.8 cm³/mol. The Labute approximate surface area is 112 Å². The molecular weight excluding hydrogens is 246 g/mol. The average Bonchev–Trinajstić information content (AvgIpc) is 2.39. The Morgan fingerprint density at radius 1 is 1.47 bits per heavy atom. The van der Waals surface area contributed by atoms with Crippen LogP contribution < -0.4 is 15.8 Å². The molecule has 0 aromatic heterocycles. The first-order chi connectivity index (χ1) is 9.20. The maximum atomic E-state index is 8.59. The zero-order valence-electron chi connectivity index (χ0n) is 10.9. The zero-order valence-corrected chi connectivity index (χ0v) is 10.9. The van der Waals surface area contributed by atoms with Gasteiger partial charge in [-0.2, -0.15) is 0 Å². The van der Waals surface area contributed by atoms with E-state index in [9.17, 15) is 0 Å². The first kappa shape index (κ1) is 13.6. The minimum Gasteiger partial charge on any atom is -0.481 e. The first-order valence-electron chi connectivity index (χ1n) is 6.27. The van der Waals surface area contributed by atoms with Crippen LogP contribution in [0.1, 0.15) is 6.92 Å². The summed E-state index contributed by atoms with van der Waals surface area (Å²) in [6.07, 6.45) is -0.131. The highest BCUT2D eigenvalue weighted by atomic mass is 16.5. The van der Waals surface area contributed by atoms with Crippen molar-refractivity contribution in [2.45, 2.75) is 13.0 Å². The Hall–Kier alpha value is -1.79. The molecule has 0 spiro atoms. The molecule has 0 aliphatic carbocycles. The van der Waals surface area contributed by atoms with Crippen molar-refractivity contribution in [3.63, 3.8) is 0 Å². The van der Waals surface area contributed by atoms with E-state index >= 15 is 0 Å². The molecule has 1 aliphatic heterocycles. The molecule has 0 fully saturated rings. The Bertz CT molecular complexity index is 462. The van der Waals surface area contributed by atoms with Gasteiger partial charge in [0.05, 0.1) is 32.1 Å². The quantitative estimate of drug-likeness (QED) is 0.543. The number of aliphatic imine (C=N–C) groups is 1. The monoisotopic (exact) mass is 265 g/mol. The summed E-state index contributed by atoms with van der Waals surface area (Å²) in [5.41, 5.74) is 7.24. The molecule has 19 heavy (non-hydrogen) atoms. The van der Waals surface area contributed by atoms with Crippen LogP contribution in [0.4, 0.5) is 11.4 Å². The van der Waals surface area contributed by atoms with Gasteiger partial charge in [0.25, 0.3) is 0 Å². The van der Waals surface area contributed by atoms with E-state index in [2.05, 4.69) is 10.3 Å². The fourth-order valence-electron chi connectivity index (χ4n) is 1.80.